The van der Waals surface area contributed by atoms with Crippen molar-refractivity contribution in [2.75, 3.05) is 16.8 Å². The van der Waals surface area contributed by atoms with Gasteiger partial charge in [-0.1, -0.05) is 39.8 Å². The highest BCUT2D eigenvalue weighted by atomic mass is 16.4. The number of carboxylic acid groups (broad SMARTS) is 1. The van der Waals surface area contributed by atoms with E-state index in [4.69, 9.17) is 5.11 Å². The summed E-state index contributed by atoms with van der Waals surface area (Å²) in [5.74, 6) is -2.54. The van der Waals surface area contributed by atoms with Crippen LogP contribution in [0.4, 0.5) is 16.2 Å². The van der Waals surface area contributed by atoms with E-state index in [0.29, 0.717) is 11.4 Å². The molecule has 1 aromatic carbocycles. The van der Waals surface area contributed by atoms with Crippen molar-refractivity contribution in [3.63, 3.8) is 0 Å². The molecule has 0 aliphatic carbocycles. The average molecular weight is 390 g/mol. The van der Waals surface area contributed by atoms with Crippen LogP contribution in [-0.2, 0) is 14.4 Å². The number of aliphatic carboxylic acids is 1. The minimum absolute atomic E-state index is 0.169. The van der Waals surface area contributed by atoms with Crippen LogP contribution in [0.5, 0.6) is 0 Å². The highest BCUT2D eigenvalue weighted by molar-refractivity contribution is 6.12. The maximum absolute atomic E-state index is 13.1. The Morgan fingerprint density at radius 2 is 1.82 bits per heavy atom. The molecule has 28 heavy (non-hydrogen) atoms. The van der Waals surface area contributed by atoms with Crippen molar-refractivity contribution in [3.8, 4) is 0 Å². The van der Waals surface area contributed by atoms with E-state index in [0.717, 1.165) is 0 Å². The fourth-order valence-corrected chi connectivity index (χ4v) is 3.11. The lowest BCUT2D eigenvalue weighted by Crippen LogP contribution is -2.60. The van der Waals surface area contributed by atoms with E-state index in [-0.39, 0.29) is 17.7 Å². The zero-order chi connectivity index (χ0) is 21.0. The highest BCUT2D eigenvalue weighted by Gasteiger charge is 2.40. The molecule has 1 aliphatic rings. The van der Waals surface area contributed by atoms with Gasteiger partial charge in [-0.05, 0) is 24.0 Å². The van der Waals surface area contributed by atoms with Crippen LogP contribution in [0.1, 0.15) is 27.7 Å². The number of nitrogens with zero attached hydrogens (tertiary/aromatic N) is 1. The molecule has 9 heteroatoms. The third-order valence-electron chi connectivity index (χ3n) is 4.46. The molecular weight excluding hydrogens is 364 g/mol. The Labute approximate surface area is 163 Å². The van der Waals surface area contributed by atoms with Crippen molar-refractivity contribution in [2.24, 2.45) is 11.8 Å². The summed E-state index contributed by atoms with van der Waals surface area (Å²) in [6.45, 7) is 6.60. The second-order valence-corrected chi connectivity index (χ2v) is 7.35. The zero-order valence-corrected chi connectivity index (χ0v) is 16.4. The summed E-state index contributed by atoms with van der Waals surface area (Å²) < 4.78 is 0. The molecule has 4 N–H and O–H groups in total. The van der Waals surface area contributed by atoms with E-state index in [9.17, 15) is 19.2 Å². The summed E-state index contributed by atoms with van der Waals surface area (Å²) in [6.07, 6.45) is 0. The van der Waals surface area contributed by atoms with E-state index in [1.807, 2.05) is 13.8 Å². The molecule has 0 saturated carbocycles. The number of carbonyl (C=O) groups is 4. The first-order valence-corrected chi connectivity index (χ1v) is 9.12. The monoisotopic (exact) mass is 390 g/mol. The lowest BCUT2D eigenvalue weighted by atomic mass is 9.97. The fourth-order valence-electron chi connectivity index (χ4n) is 3.11. The number of nitrogens with one attached hydrogen (secondary N) is 3. The van der Waals surface area contributed by atoms with Crippen molar-refractivity contribution in [1.82, 2.24) is 10.6 Å². The molecule has 0 radical (unpaired) electrons. The van der Waals surface area contributed by atoms with Crippen LogP contribution in [0.2, 0.25) is 0 Å². The molecular formula is C19H26N4O5. The predicted molar refractivity (Wildman–Crippen MR) is 104 cm³/mol. The van der Waals surface area contributed by atoms with E-state index in [1.54, 1.807) is 38.1 Å². The van der Waals surface area contributed by atoms with E-state index < -0.39 is 36.5 Å². The zero-order valence-electron chi connectivity index (χ0n) is 16.4. The Balaban J connectivity index is 2.31. The maximum atomic E-state index is 13.1. The molecule has 2 atom stereocenters. The number of anilines is 2. The summed E-state index contributed by atoms with van der Waals surface area (Å²) >= 11 is 0. The summed E-state index contributed by atoms with van der Waals surface area (Å²) in [7, 11) is 0. The molecule has 2 rings (SSSR count). The molecule has 0 spiro atoms. The molecule has 1 heterocycles. The first-order valence-electron chi connectivity index (χ1n) is 9.12. The molecule has 0 saturated heterocycles. The lowest BCUT2D eigenvalue weighted by molar-refractivity contribution is -0.138. The van der Waals surface area contributed by atoms with Crippen molar-refractivity contribution >= 4 is 35.2 Å². The average Bonchev–Trinajstić information content (AvgIpc) is 2.62. The number of urea groups is 1. The molecule has 152 valence electrons. The van der Waals surface area contributed by atoms with Gasteiger partial charge in [0.1, 0.15) is 18.6 Å². The number of carbonyl (C=O) groups excluding carboxylic acids is 3. The summed E-state index contributed by atoms with van der Waals surface area (Å²) in [5, 5.41) is 16.5. The molecule has 4 amide bonds. The third-order valence-corrected chi connectivity index (χ3v) is 4.46. The Kier molecular flexibility index (Phi) is 6.61. The number of para-hydroxylation sites is 2. The summed E-state index contributed by atoms with van der Waals surface area (Å²) in [4.78, 5) is 50.1. The number of benzene rings is 1. The van der Waals surface area contributed by atoms with Crippen molar-refractivity contribution < 1.29 is 24.3 Å². The second-order valence-electron chi connectivity index (χ2n) is 7.35. The highest BCUT2D eigenvalue weighted by Crippen LogP contribution is 2.34. The molecule has 1 aliphatic heterocycles. The smallest absolute Gasteiger partial charge is 0.323 e. The number of hydrogen-bond acceptors (Lipinski definition) is 4. The third kappa shape index (κ3) is 4.59. The van der Waals surface area contributed by atoms with Gasteiger partial charge in [-0.25, -0.2) is 4.79 Å². The number of carboxylic acids is 1. The van der Waals surface area contributed by atoms with Gasteiger partial charge in [0, 0.05) is 0 Å². The van der Waals surface area contributed by atoms with Gasteiger partial charge in [0.2, 0.25) is 11.8 Å². The molecule has 0 unspecified atom stereocenters. The molecule has 0 bridgehead atoms. The van der Waals surface area contributed by atoms with E-state index >= 15 is 0 Å². The van der Waals surface area contributed by atoms with Gasteiger partial charge in [0.05, 0.1) is 11.4 Å². The Morgan fingerprint density at radius 1 is 1.18 bits per heavy atom. The van der Waals surface area contributed by atoms with Crippen molar-refractivity contribution in [2.45, 2.75) is 39.8 Å². The van der Waals surface area contributed by atoms with Gasteiger partial charge in [0.25, 0.3) is 0 Å². The normalized spacial score (nSPS) is 17.0. The van der Waals surface area contributed by atoms with Crippen LogP contribution in [0.15, 0.2) is 24.3 Å². The van der Waals surface area contributed by atoms with Gasteiger partial charge in [-0.15, -0.1) is 0 Å². The lowest BCUT2D eigenvalue weighted by Gasteiger charge is -2.39. The number of rotatable bonds is 6. The van der Waals surface area contributed by atoms with Gasteiger partial charge >= 0.3 is 12.0 Å². The van der Waals surface area contributed by atoms with Crippen molar-refractivity contribution in [1.29, 1.82) is 0 Å². The minimum atomic E-state index is -1.18. The molecule has 9 nitrogen and oxygen atoms in total. The summed E-state index contributed by atoms with van der Waals surface area (Å²) in [6, 6.07) is 4.64. The van der Waals surface area contributed by atoms with Crippen LogP contribution >= 0.6 is 0 Å². The van der Waals surface area contributed by atoms with Gasteiger partial charge in [-0.3, -0.25) is 19.3 Å². The number of hydrogen-bond donors (Lipinski definition) is 4. The molecule has 0 aromatic heterocycles. The minimum Gasteiger partial charge on any atom is -0.480 e. The van der Waals surface area contributed by atoms with Crippen LogP contribution in [0.3, 0.4) is 0 Å². The standard InChI is InChI=1S/C19H26N4O5/c1-10(2)15(17(26)20-9-14(24)25)22-19(28)23-13-8-6-5-7-12(13)21-18(27)16(23)11(3)4/h5-8,10-11,15-16H,9H2,1-4H3,(H,20,26)(H,21,27)(H,22,28)(H,24,25)/t15-,16-/m0/s1. The quantitative estimate of drug-likeness (QED) is 0.584. The first kappa shape index (κ1) is 21.2. The van der Waals surface area contributed by atoms with Crippen LogP contribution < -0.4 is 20.9 Å². The van der Waals surface area contributed by atoms with Crippen LogP contribution in [-0.4, -0.2) is 47.5 Å². The van der Waals surface area contributed by atoms with Gasteiger partial charge in [-0.2, -0.15) is 0 Å². The van der Waals surface area contributed by atoms with Crippen molar-refractivity contribution in [3.05, 3.63) is 24.3 Å². The SMILES string of the molecule is CC(C)[C@H](NC(=O)N1c2ccccc2NC(=O)[C@@H]1C(C)C)C(=O)NCC(=O)O. The van der Waals surface area contributed by atoms with Gasteiger partial charge in [0.15, 0.2) is 0 Å². The largest absolute Gasteiger partial charge is 0.480 e. The van der Waals surface area contributed by atoms with E-state index in [1.165, 1.54) is 4.90 Å². The Bertz CT molecular complexity index is 777. The van der Waals surface area contributed by atoms with Crippen LogP contribution in [0.25, 0.3) is 0 Å². The summed E-state index contributed by atoms with van der Waals surface area (Å²) in [5.41, 5.74) is 1.04. The first-order chi connectivity index (χ1) is 13.1. The van der Waals surface area contributed by atoms with E-state index in [2.05, 4.69) is 16.0 Å². The molecule has 0 fully saturated rings. The van der Waals surface area contributed by atoms with Gasteiger partial charge < -0.3 is 21.1 Å². The fraction of sp³-hybridized carbons (Fsp3) is 0.474. The topological polar surface area (TPSA) is 128 Å². The Hall–Kier alpha value is -3.10. The molecule has 1 aromatic rings. The number of fused-ring (bicyclic) bond motifs is 1. The second kappa shape index (κ2) is 8.73. The Morgan fingerprint density at radius 3 is 2.39 bits per heavy atom. The predicted octanol–water partition coefficient (Wildman–Crippen LogP) is 1.40. The van der Waals surface area contributed by atoms with Crippen LogP contribution in [0, 0.1) is 11.8 Å². The number of amides is 4. The maximum Gasteiger partial charge on any atom is 0.323 e.